The van der Waals surface area contributed by atoms with E-state index in [1.54, 1.807) is 20.8 Å². The first-order chi connectivity index (χ1) is 9.24. The summed E-state index contributed by atoms with van der Waals surface area (Å²) in [4.78, 5) is 23.6. The highest BCUT2D eigenvalue weighted by atomic mass is 16.5. The SMILES string of the molecule is CCn1nc(C)c(N)c1C(=O)OCC(C)(C)C(=O)OC. The number of aromatic nitrogens is 2. The van der Waals surface area contributed by atoms with Gasteiger partial charge in [-0.2, -0.15) is 5.10 Å². The zero-order valence-corrected chi connectivity index (χ0v) is 12.5. The Morgan fingerprint density at radius 2 is 2.00 bits per heavy atom. The molecular formula is C13H21N3O4. The molecule has 1 rings (SSSR count). The summed E-state index contributed by atoms with van der Waals surface area (Å²) in [5.74, 6) is -1.04. The Hall–Kier alpha value is -2.05. The monoisotopic (exact) mass is 283 g/mol. The minimum atomic E-state index is -0.911. The van der Waals surface area contributed by atoms with Gasteiger partial charge in [0.2, 0.25) is 0 Å². The lowest BCUT2D eigenvalue weighted by molar-refractivity contribution is -0.152. The molecule has 0 unspecified atom stereocenters. The van der Waals surface area contributed by atoms with Crippen molar-refractivity contribution in [3.63, 3.8) is 0 Å². The Morgan fingerprint density at radius 1 is 1.40 bits per heavy atom. The lowest BCUT2D eigenvalue weighted by Gasteiger charge is -2.21. The zero-order chi connectivity index (χ0) is 15.5. The second-order valence-corrected chi connectivity index (χ2v) is 5.12. The van der Waals surface area contributed by atoms with Gasteiger partial charge in [-0.05, 0) is 27.7 Å². The topological polar surface area (TPSA) is 96.4 Å². The maximum absolute atomic E-state index is 12.1. The van der Waals surface area contributed by atoms with E-state index in [2.05, 4.69) is 9.84 Å². The van der Waals surface area contributed by atoms with Gasteiger partial charge in [0.1, 0.15) is 6.61 Å². The summed E-state index contributed by atoms with van der Waals surface area (Å²) >= 11 is 0. The van der Waals surface area contributed by atoms with Crippen LogP contribution >= 0.6 is 0 Å². The molecule has 0 fully saturated rings. The average Bonchev–Trinajstić information content (AvgIpc) is 2.70. The van der Waals surface area contributed by atoms with Crippen LogP contribution < -0.4 is 5.73 Å². The van der Waals surface area contributed by atoms with Gasteiger partial charge in [0, 0.05) is 6.54 Å². The summed E-state index contributed by atoms with van der Waals surface area (Å²) in [6.45, 7) is 7.25. The lowest BCUT2D eigenvalue weighted by Crippen LogP contribution is -2.32. The van der Waals surface area contributed by atoms with Crippen LogP contribution in [0, 0.1) is 12.3 Å². The molecule has 1 heterocycles. The molecule has 0 saturated heterocycles. The van der Waals surface area contributed by atoms with E-state index < -0.39 is 17.4 Å². The van der Waals surface area contributed by atoms with Gasteiger partial charge in [-0.3, -0.25) is 9.48 Å². The van der Waals surface area contributed by atoms with Crippen LogP contribution in [-0.2, 0) is 20.8 Å². The molecule has 0 bridgehead atoms. The van der Waals surface area contributed by atoms with Gasteiger partial charge < -0.3 is 15.2 Å². The molecule has 7 nitrogen and oxygen atoms in total. The number of nitrogens with zero attached hydrogens (tertiary/aromatic N) is 2. The first-order valence-electron chi connectivity index (χ1n) is 6.33. The van der Waals surface area contributed by atoms with Crippen molar-refractivity contribution in [1.29, 1.82) is 0 Å². The second kappa shape index (κ2) is 5.94. The van der Waals surface area contributed by atoms with Gasteiger partial charge in [0.25, 0.3) is 0 Å². The number of esters is 2. The van der Waals surface area contributed by atoms with Crippen LogP contribution in [0.3, 0.4) is 0 Å². The third-order valence-corrected chi connectivity index (χ3v) is 2.97. The molecule has 0 aliphatic carbocycles. The number of anilines is 1. The number of carbonyl (C=O) groups is 2. The Bertz CT molecular complexity index is 520. The molecule has 20 heavy (non-hydrogen) atoms. The first kappa shape index (κ1) is 16.0. The number of ether oxygens (including phenoxy) is 2. The van der Waals surface area contributed by atoms with Gasteiger partial charge in [-0.15, -0.1) is 0 Å². The molecular weight excluding hydrogens is 262 g/mol. The highest BCUT2D eigenvalue weighted by molar-refractivity contribution is 5.94. The molecule has 1 aromatic heterocycles. The standard InChI is InChI=1S/C13H21N3O4/c1-6-16-10(9(14)8(2)15-16)11(17)20-7-13(3,4)12(18)19-5/h6-7,14H2,1-5H3. The number of nitrogen functional groups attached to an aromatic ring is 1. The van der Waals surface area contributed by atoms with Gasteiger partial charge in [0.05, 0.1) is 23.9 Å². The third-order valence-electron chi connectivity index (χ3n) is 2.97. The fourth-order valence-corrected chi connectivity index (χ4v) is 1.69. The summed E-state index contributed by atoms with van der Waals surface area (Å²) in [7, 11) is 1.29. The molecule has 0 spiro atoms. The van der Waals surface area contributed by atoms with Crippen molar-refractivity contribution >= 4 is 17.6 Å². The summed E-state index contributed by atoms with van der Waals surface area (Å²) in [6.07, 6.45) is 0. The number of aryl methyl sites for hydroxylation is 2. The molecule has 0 atom stereocenters. The summed E-state index contributed by atoms with van der Waals surface area (Å²) in [5, 5.41) is 4.14. The average molecular weight is 283 g/mol. The van der Waals surface area contributed by atoms with Crippen molar-refractivity contribution in [3.8, 4) is 0 Å². The van der Waals surface area contributed by atoms with Gasteiger partial charge in [0.15, 0.2) is 5.69 Å². The van der Waals surface area contributed by atoms with E-state index in [1.807, 2.05) is 6.92 Å². The normalized spacial score (nSPS) is 11.2. The number of carbonyl (C=O) groups excluding carboxylic acids is 2. The number of hydrogen-bond donors (Lipinski definition) is 1. The summed E-state index contributed by atoms with van der Waals surface area (Å²) in [5.41, 5.74) is 6.01. The Kier molecular flexibility index (Phi) is 4.75. The van der Waals surface area contributed by atoms with Crippen LogP contribution in [0.25, 0.3) is 0 Å². The van der Waals surface area contributed by atoms with Gasteiger partial charge in [-0.25, -0.2) is 4.79 Å². The maximum Gasteiger partial charge on any atom is 0.358 e. The zero-order valence-electron chi connectivity index (χ0n) is 12.5. The van der Waals surface area contributed by atoms with Crippen LogP contribution in [-0.4, -0.2) is 35.4 Å². The Labute approximate surface area is 118 Å². The lowest BCUT2D eigenvalue weighted by atomic mass is 9.95. The highest BCUT2D eigenvalue weighted by Crippen LogP contribution is 2.21. The molecule has 0 aliphatic heterocycles. The third kappa shape index (κ3) is 3.09. The predicted octanol–water partition coefficient (Wildman–Crippen LogP) is 1.15. The van der Waals surface area contributed by atoms with E-state index in [0.29, 0.717) is 17.9 Å². The molecule has 0 amide bonds. The molecule has 2 N–H and O–H groups in total. The van der Waals surface area contributed by atoms with Crippen LogP contribution in [0.5, 0.6) is 0 Å². The van der Waals surface area contributed by atoms with E-state index in [9.17, 15) is 9.59 Å². The van der Waals surface area contributed by atoms with Crippen LogP contribution in [0.15, 0.2) is 0 Å². The summed E-state index contributed by atoms with van der Waals surface area (Å²) in [6, 6.07) is 0. The molecule has 0 radical (unpaired) electrons. The fourth-order valence-electron chi connectivity index (χ4n) is 1.69. The molecule has 0 aromatic carbocycles. The predicted molar refractivity (Wildman–Crippen MR) is 73.1 cm³/mol. The largest absolute Gasteiger partial charge is 0.469 e. The van der Waals surface area contributed by atoms with Crippen LogP contribution in [0.2, 0.25) is 0 Å². The number of methoxy groups -OCH3 is 1. The smallest absolute Gasteiger partial charge is 0.358 e. The van der Waals surface area contributed by atoms with Crippen molar-refractivity contribution < 1.29 is 19.1 Å². The summed E-state index contributed by atoms with van der Waals surface area (Å²) < 4.78 is 11.3. The van der Waals surface area contributed by atoms with Gasteiger partial charge >= 0.3 is 11.9 Å². The molecule has 7 heteroatoms. The Balaban J connectivity index is 2.85. The van der Waals surface area contributed by atoms with Crippen molar-refractivity contribution in [3.05, 3.63) is 11.4 Å². The van der Waals surface area contributed by atoms with E-state index in [0.717, 1.165) is 0 Å². The first-order valence-corrected chi connectivity index (χ1v) is 6.33. The number of hydrogen-bond acceptors (Lipinski definition) is 6. The van der Waals surface area contributed by atoms with Crippen molar-refractivity contribution in [2.45, 2.75) is 34.2 Å². The minimum Gasteiger partial charge on any atom is -0.469 e. The van der Waals surface area contributed by atoms with E-state index in [4.69, 9.17) is 10.5 Å². The van der Waals surface area contributed by atoms with Crippen molar-refractivity contribution in [2.24, 2.45) is 5.41 Å². The second-order valence-electron chi connectivity index (χ2n) is 5.12. The molecule has 0 aliphatic rings. The number of rotatable bonds is 5. The van der Waals surface area contributed by atoms with Crippen molar-refractivity contribution in [1.82, 2.24) is 9.78 Å². The molecule has 112 valence electrons. The minimum absolute atomic E-state index is 0.0914. The van der Waals surface area contributed by atoms with Gasteiger partial charge in [-0.1, -0.05) is 0 Å². The van der Waals surface area contributed by atoms with E-state index >= 15 is 0 Å². The van der Waals surface area contributed by atoms with E-state index in [1.165, 1.54) is 11.8 Å². The fraction of sp³-hybridized carbons (Fsp3) is 0.615. The maximum atomic E-state index is 12.1. The number of nitrogens with two attached hydrogens (primary N) is 1. The molecule has 1 aromatic rings. The molecule has 0 saturated carbocycles. The van der Waals surface area contributed by atoms with Crippen molar-refractivity contribution in [2.75, 3.05) is 19.5 Å². The van der Waals surface area contributed by atoms with Crippen LogP contribution in [0.4, 0.5) is 5.69 Å². The highest BCUT2D eigenvalue weighted by Gasteiger charge is 2.31. The quantitative estimate of drug-likeness (QED) is 0.814. The Morgan fingerprint density at radius 3 is 2.50 bits per heavy atom. The van der Waals surface area contributed by atoms with E-state index in [-0.39, 0.29) is 12.3 Å². The van der Waals surface area contributed by atoms with Crippen LogP contribution in [0.1, 0.15) is 37.0 Å².